The summed E-state index contributed by atoms with van der Waals surface area (Å²) in [6, 6.07) is 9.96. The van der Waals surface area contributed by atoms with Gasteiger partial charge in [0.1, 0.15) is 23.7 Å². The van der Waals surface area contributed by atoms with Gasteiger partial charge >= 0.3 is 0 Å². The number of ether oxygens (including phenoxy) is 1. The number of hydrogen-bond donors (Lipinski definition) is 2. The summed E-state index contributed by atoms with van der Waals surface area (Å²) in [6.45, 7) is 1.30. The summed E-state index contributed by atoms with van der Waals surface area (Å²) >= 11 is 1.59. The smallest absolute Gasteiger partial charge is 0.155 e. The number of rotatable bonds is 5. The fraction of sp³-hybridized carbons (Fsp3) is 0.200. The lowest BCUT2D eigenvalue weighted by Crippen LogP contribution is -2.30. The minimum atomic E-state index is 0.269. The molecule has 0 fully saturated rings. The van der Waals surface area contributed by atoms with Crippen LogP contribution in [0.4, 0.5) is 11.5 Å². The minimum absolute atomic E-state index is 0.269. The maximum absolute atomic E-state index is 10.6. The number of aromatic nitrogens is 5. The van der Waals surface area contributed by atoms with Crippen molar-refractivity contribution in [2.45, 2.75) is 6.42 Å². The summed E-state index contributed by atoms with van der Waals surface area (Å²) < 4.78 is 9.23. The average Bonchev–Trinajstić information content (AvgIpc) is 3.50. The van der Waals surface area contributed by atoms with Gasteiger partial charge in [-0.15, -0.1) is 11.3 Å². The molecule has 10 heteroatoms. The van der Waals surface area contributed by atoms with Crippen LogP contribution in [0.1, 0.15) is 6.42 Å². The van der Waals surface area contributed by atoms with Crippen molar-refractivity contribution in [3.63, 3.8) is 0 Å². The van der Waals surface area contributed by atoms with Gasteiger partial charge < -0.3 is 15.2 Å². The van der Waals surface area contributed by atoms with E-state index in [4.69, 9.17) is 4.74 Å². The van der Waals surface area contributed by atoms with Crippen LogP contribution in [-0.4, -0.2) is 54.9 Å². The van der Waals surface area contributed by atoms with Crippen molar-refractivity contribution in [2.24, 2.45) is 7.05 Å². The second-order valence-corrected chi connectivity index (χ2v) is 9.50. The van der Waals surface area contributed by atoms with Crippen molar-refractivity contribution >= 4 is 44.0 Å². The Morgan fingerprint density at radius 1 is 1.06 bits per heavy atom. The molecule has 2 N–H and O–H groups in total. The minimum Gasteiger partial charge on any atom is -0.509 e. The Labute approximate surface area is 205 Å². The van der Waals surface area contributed by atoms with E-state index in [0.29, 0.717) is 30.3 Å². The number of likely N-dealkylation sites (N-methyl/N-ethyl adjacent to an activating group) is 1. The lowest BCUT2D eigenvalue weighted by Gasteiger charge is -2.25. The summed E-state index contributed by atoms with van der Waals surface area (Å²) in [6.07, 6.45) is 5.84. The molecule has 0 bridgehead atoms. The number of aliphatic hydroxyl groups excluding tert-OH is 1. The van der Waals surface area contributed by atoms with Crippen molar-refractivity contribution < 1.29 is 9.84 Å². The Morgan fingerprint density at radius 3 is 2.83 bits per heavy atom. The summed E-state index contributed by atoms with van der Waals surface area (Å²) in [4.78, 5) is 15.6. The summed E-state index contributed by atoms with van der Waals surface area (Å²) in [5.74, 6) is 1.99. The zero-order valence-corrected chi connectivity index (χ0v) is 20.1. The first kappa shape index (κ1) is 21.5. The molecular weight excluding hydrogens is 462 g/mol. The fourth-order valence-corrected chi connectivity index (χ4v) is 4.93. The third-order valence-electron chi connectivity index (χ3n) is 6.03. The van der Waals surface area contributed by atoms with E-state index in [1.807, 2.05) is 50.1 Å². The Morgan fingerprint density at radius 2 is 1.97 bits per heavy atom. The van der Waals surface area contributed by atoms with Crippen LogP contribution >= 0.6 is 11.3 Å². The van der Waals surface area contributed by atoms with Crippen molar-refractivity contribution in [1.82, 2.24) is 29.6 Å². The van der Waals surface area contributed by atoms with E-state index in [9.17, 15) is 5.11 Å². The number of nitrogens with zero attached hydrogens (tertiary/aromatic N) is 6. The molecule has 35 heavy (non-hydrogen) atoms. The number of hydrogen-bond acceptors (Lipinski definition) is 9. The van der Waals surface area contributed by atoms with E-state index < -0.39 is 0 Å². The van der Waals surface area contributed by atoms with Gasteiger partial charge in [-0.05, 0) is 42.9 Å². The molecule has 0 amide bonds. The van der Waals surface area contributed by atoms with Crippen molar-refractivity contribution in [1.29, 1.82) is 0 Å². The van der Waals surface area contributed by atoms with E-state index in [-0.39, 0.29) is 5.76 Å². The van der Waals surface area contributed by atoms with Gasteiger partial charge in [-0.1, -0.05) is 0 Å². The topological polar surface area (TPSA) is 101 Å². The zero-order valence-electron chi connectivity index (χ0n) is 19.3. The molecule has 5 aromatic rings. The highest BCUT2D eigenvalue weighted by Crippen LogP contribution is 2.38. The molecule has 4 heterocycles. The second kappa shape index (κ2) is 8.64. The molecular formula is C25H23N7O2S. The van der Waals surface area contributed by atoms with Crippen LogP contribution in [0.2, 0.25) is 0 Å². The Bertz CT molecular complexity index is 1590. The molecule has 6 rings (SSSR count). The summed E-state index contributed by atoms with van der Waals surface area (Å²) in [5, 5.41) is 19.0. The number of benzene rings is 2. The molecule has 0 aliphatic carbocycles. The maximum Gasteiger partial charge on any atom is 0.155 e. The van der Waals surface area contributed by atoms with Gasteiger partial charge in [0, 0.05) is 37.5 Å². The van der Waals surface area contributed by atoms with Gasteiger partial charge in [0.15, 0.2) is 5.76 Å². The largest absolute Gasteiger partial charge is 0.509 e. The number of fused-ring (bicyclic) bond motifs is 2. The molecule has 2 aromatic carbocycles. The van der Waals surface area contributed by atoms with Crippen molar-refractivity contribution in [2.75, 3.05) is 25.5 Å². The van der Waals surface area contributed by atoms with Crippen LogP contribution in [-0.2, 0) is 7.05 Å². The molecule has 1 aliphatic heterocycles. The molecule has 0 saturated heterocycles. The highest BCUT2D eigenvalue weighted by atomic mass is 32.1. The second-order valence-electron chi connectivity index (χ2n) is 8.61. The van der Waals surface area contributed by atoms with E-state index in [2.05, 4.69) is 36.3 Å². The van der Waals surface area contributed by atoms with Crippen LogP contribution in [0.5, 0.6) is 5.75 Å². The van der Waals surface area contributed by atoms with E-state index in [0.717, 1.165) is 44.5 Å². The summed E-state index contributed by atoms with van der Waals surface area (Å²) in [5.41, 5.74) is 6.28. The van der Waals surface area contributed by atoms with E-state index >= 15 is 0 Å². The molecule has 176 valence electrons. The first-order chi connectivity index (χ1) is 17.0. The van der Waals surface area contributed by atoms with Crippen molar-refractivity contribution in [3.8, 4) is 16.9 Å². The first-order valence-corrected chi connectivity index (χ1v) is 12.1. The van der Waals surface area contributed by atoms with Crippen LogP contribution in [0.3, 0.4) is 0 Å². The zero-order chi connectivity index (χ0) is 23.9. The van der Waals surface area contributed by atoms with Crippen molar-refractivity contribution in [3.05, 3.63) is 66.1 Å². The molecule has 0 saturated carbocycles. The number of thiazole rings is 1. The van der Waals surface area contributed by atoms with Gasteiger partial charge in [0.25, 0.3) is 0 Å². The molecule has 3 aromatic heterocycles. The lowest BCUT2D eigenvalue weighted by atomic mass is 10.1. The Hall–Kier alpha value is -4.02. The highest BCUT2D eigenvalue weighted by Gasteiger charge is 2.21. The van der Waals surface area contributed by atoms with Gasteiger partial charge in [-0.25, -0.2) is 15.0 Å². The third-order valence-corrected chi connectivity index (χ3v) is 6.82. The van der Waals surface area contributed by atoms with Gasteiger partial charge in [0.05, 0.1) is 39.4 Å². The number of anilines is 2. The summed E-state index contributed by atoms with van der Waals surface area (Å²) in [7, 11) is 3.89. The quantitative estimate of drug-likeness (QED) is 0.364. The fourth-order valence-electron chi connectivity index (χ4n) is 4.21. The van der Waals surface area contributed by atoms with E-state index in [1.54, 1.807) is 22.2 Å². The van der Waals surface area contributed by atoms with Gasteiger partial charge in [-0.2, -0.15) is 5.10 Å². The number of aliphatic hydroxyl groups is 1. The lowest BCUT2D eigenvalue weighted by molar-refractivity contribution is 0.222. The Balaban J connectivity index is 1.49. The monoisotopic (exact) mass is 485 g/mol. The van der Waals surface area contributed by atoms with Crippen LogP contribution in [0, 0.1) is 0 Å². The third kappa shape index (κ3) is 4.17. The standard InChI is InChI=1S/C25H23N7O2S/c1-31-6-5-20(33)22(12-31)34-21-8-15(16-10-29-32(2)11-16)7-19-24(21)25(27-13-26-19)30-17-3-4-18-23(9-17)35-14-28-18/h3-4,7-11,13-14,33H,5-6,12H2,1-2H3,(H,26,27,30). The van der Waals surface area contributed by atoms with Crippen LogP contribution in [0.25, 0.3) is 32.2 Å². The molecule has 0 spiro atoms. The molecule has 1 aliphatic rings. The normalized spacial score (nSPS) is 14.7. The molecule has 0 atom stereocenters. The predicted molar refractivity (Wildman–Crippen MR) is 137 cm³/mol. The first-order valence-electron chi connectivity index (χ1n) is 11.2. The molecule has 9 nitrogen and oxygen atoms in total. The molecule has 0 unspecified atom stereocenters. The van der Waals surface area contributed by atoms with Gasteiger partial charge in [0.2, 0.25) is 0 Å². The highest BCUT2D eigenvalue weighted by molar-refractivity contribution is 7.16. The predicted octanol–water partition coefficient (Wildman–Crippen LogP) is 4.87. The average molecular weight is 486 g/mol. The number of nitrogens with one attached hydrogen (secondary N) is 1. The SMILES string of the molecule is CN1CCC(O)=C(Oc2cc(-c3cnn(C)c3)cc3ncnc(Nc4ccc5ncsc5c4)c23)C1. The Kier molecular flexibility index (Phi) is 5.31. The van der Waals surface area contributed by atoms with Gasteiger partial charge in [-0.3, -0.25) is 9.58 Å². The van der Waals surface area contributed by atoms with Crippen LogP contribution < -0.4 is 10.1 Å². The molecule has 0 radical (unpaired) electrons. The number of aryl methyl sites for hydroxylation is 1. The maximum atomic E-state index is 10.6. The van der Waals surface area contributed by atoms with Crippen LogP contribution in [0.15, 0.2) is 66.1 Å². The van der Waals surface area contributed by atoms with E-state index in [1.165, 1.54) is 6.33 Å².